The van der Waals surface area contributed by atoms with Crippen LogP contribution in [0.4, 0.5) is 0 Å². The van der Waals surface area contributed by atoms with Crippen molar-refractivity contribution in [1.29, 1.82) is 0 Å². The van der Waals surface area contributed by atoms with Crippen LogP contribution in [-0.2, 0) is 38.4 Å². The molecule has 13 N–H and O–H groups in total. The lowest BCUT2D eigenvalue weighted by atomic mass is 10.1. The molecule has 0 aromatic carbocycles. The Kier molecular flexibility index (Phi) is 15.6. The van der Waals surface area contributed by atoms with E-state index in [0.29, 0.717) is 6.42 Å². The van der Waals surface area contributed by atoms with E-state index in [9.17, 15) is 38.4 Å². The number of amides is 5. The summed E-state index contributed by atoms with van der Waals surface area (Å²) in [6, 6.07) is -5.35. The van der Waals surface area contributed by atoms with Gasteiger partial charge >= 0.3 is 17.9 Å². The molecule has 44 heavy (non-hydrogen) atoms. The molecular formula is C24H39N9O11. The zero-order chi connectivity index (χ0) is 33.4. The van der Waals surface area contributed by atoms with Crippen molar-refractivity contribution in [3.05, 3.63) is 0 Å². The number of likely N-dealkylation sites (tertiary alicyclic amines) is 1. The van der Waals surface area contributed by atoms with Crippen LogP contribution < -0.4 is 38.5 Å². The van der Waals surface area contributed by atoms with E-state index in [1.54, 1.807) is 0 Å². The van der Waals surface area contributed by atoms with Crippen molar-refractivity contribution >= 4 is 53.4 Å². The van der Waals surface area contributed by atoms with E-state index in [4.69, 9.17) is 32.5 Å². The predicted octanol–water partition coefficient (Wildman–Crippen LogP) is -5.02. The van der Waals surface area contributed by atoms with E-state index in [0.717, 1.165) is 0 Å². The molecule has 5 amide bonds. The Balaban J connectivity index is 3.01. The number of nitrogens with one attached hydrogen (secondary N) is 4. The van der Waals surface area contributed by atoms with Crippen LogP contribution in [0.1, 0.15) is 44.9 Å². The molecule has 0 unspecified atom stereocenters. The molecule has 0 aromatic heterocycles. The van der Waals surface area contributed by atoms with Gasteiger partial charge < -0.3 is 58.7 Å². The van der Waals surface area contributed by atoms with E-state index in [1.807, 2.05) is 5.32 Å². The summed E-state index contributed by atoms with van der Waals surface area (Å²) in [6.07, 6.45) is -0.845. The molecule has 0 spiro atoms. The van der Waals surface area contributed by atoms with Crippen LogP contribution in [-0.4, -0.2) is 124 Å². The van der Waals surface area contributed by atoms with Crippen LogP contribution in [0.2, 0.25) is 0 Å². The molecule has 0 aromatic rings. The van der Waals surface area contributed by atoms with E-state index in [-0.39, 0.29) is 44.7 Å². The van der Waals surface area contributed by atoms with Gasteiger partial charge in [0.15, 0.2) is 5.96 Å². The summed E-state index contributed by atoms with van der Waals surface area (Å²) in [4.78, 5) is 102. The van der Waals surface area contributed by atoms with E-state index >= 15 is 0 Å². The average molecular weight is 630 g/mol. The topological polar surface area (TPSA) is 339 Å². The Labute approximate surface area is 251 Å². The Morgan fingerprint density at radius 2 is 1.52 bits per heavy atom. The summed E-state index contributed by atoms with van der Waals surface area (Å²) in [5.74, 6) is -8.48. The van der Waals surface area contributed by atoms with Gasteiger partial charge in [0.25, 0.3) is 0 Å². The molecule has 0 saturated carbocycles. The molecule has 4 atom stereocenters. The molecule has 0 radical (unpaired) electrons. The van der Waals surface area contributed by atoms with Crippen molar-refractivity contribution in [3.8, 4) is 0 Å². The molecule has 1 aliphatic rings. The average Bonchev–Trinajstić information content (AvgIpc) is 3.44. The Morgan fingerprint density at radius 1 is 0.864 bits per heavy atom. The number of hydrogen-bond donors (Lipinski definition) is 10. The summed E-state index contributed by atoms with van der Waals surface area (Å²) in [5, 5.41) is 36.0. The second kappa shape index (κ2) is 18.5. The first-order valence-corrected chi connectivity index (χ1v) is 13.5. The normalized spacial score (nSPS) is 16.0. The maximum Gasteiger partial charge on any atom is 0.326 e. The van der Waals surface area contributed by atoms with Crippen molar-refractivity contribution < 1.29 is 53.7 Å². The van der Waals surface area contributed by atoms with Crippen molar-refractivity contribution in [2.45, 2.75) is 69.1 Å². The fourth-order valence-electron chi connectivity index (χ4n) is 4.23. The first-order valence-electron chi connectivity index (χ1n) is 13.5. The maximum atomic E-state index is 13.3. The zero-order valence-electron chi connectivity index (χ0n) is 23.8. The standard InChI is InChI=1S/C24H39N9O11/c25-10-16(34)30-13(5-6-18(36)37)22(42)33-8-2-4-15(33)21(41)32-12(3-1-7-28-24(26)27)20(40)29-11-17(35)31-14(23(43)44)9-19(38)39/h12-15H,1-11,25H2,(H,29,40)(H,30,34)(H,31,35)(H,32,41)(H,36,37)(H,38,39)(H,43,44)(H4,26,27,28)/t12-,13-,14-,15-/m0/s1. The lowest BCUT2D eigenvalue weighted by Crippen LogP contribution is -2.57. The summed E-state index contributed by atoms with van der Waals surface area (Å²) in [7, 11) is 0. The van der Waals surface area contributed by atoms with Gasteiger partial charge in [-0.1, -0.05) is 0 Å². The van der Waals surface area contributed by atoms with Crippen LogP contribution in [0.5, 0.6) is 0 Å². The van der Waals surface area contributed by atoms with Crippen molar-refractivity contribution in [2.24, 2.45) is 22.2 Å². The molecule has 1 rings (SSSR count). The number of carboxylic acids is 3. The summed E-state index contributed by atoms with van der Waals surface area (Å²) >= 11 is 0. The second-order valence-electron chi connectivity index (χ2n) is 9.73. The monoisotopic (exact) mass is 629 g/mol. The van der Waals surface area contributed by atoms with Gasteiger partial charge in [-0.2, -0.15) is 0 Å². The van der Waals surface area contributed by atoms with Gasteiger partial charge in [-0.3, -0.25) is 38.6 Å². The van der Waals surface area contributed by atoms with E-state index in [1.165, 1.54) is 4.90 Å². The fraction of sp³-hybridized carbons (Fsp3) is 0.625. The minimum atomic E-state index is -1.74. The molecule has 0 aliphatic carbocycles. The smallest absolute Gasteiger partial charge is 0.326 e. The highest BCUT2D eigenvalue weighted by Gasteiger charge is 2.39. The summed E-state index contributed by atoms with van der Waals surface area (Å²) in [6.45, 7) is -1.01. The van der Waals surface area contributed by atoms with E-state index < -0.39 is 97.5 Å². The van der Waals surface area contributed by atoms with Crippen LogP contribution in [0.15, 0.2) is 4.99 Å². The Hall–Kier alpha value is -5.01. The molecule has 1 saturated heterocycles. The number of carboxylic acid groups (broad SMARTS) is 3. The SMILES string of the molecule is NCC(=O)N[C@@H](CCC(=O)O)C(=O)N1CCC[C@H]1C(=O)N[C@@H](CCCN=C(N)N)C(=O)NCC(=O)N[C@@H](CC(=O)O)C(=O)O. The van der Waals surface area contributed by atoms with Crippen LogP contribution in [0, 0.1) is 0 Å². The Bertz CT molecular complexity index is 1130. The number of aliphatic carboxylic acids is 3. The predicted molar refractivity (Wildman–Crippen MR) is 149 cm³/mol. The number of nitrogens with two attached hydrogens (primary N) is 3. The van der Waals surface area contributed by atoms with Crippen molar-refractivity contribution in [3.63, 3.8) is 0 Å². The third kappa shape index (κ3) is 13.3. The highest BCUT2D eigenvalue weighted by Crippen LogP contribution is 2.20. The molecule has 20 nitrogen and oxygen atoms in total. The molecule has 1 heterocycles. The lowest BCUT2D eigenvalue weighted by molar-refractivity contribution is -0.147. The highest BCUT2D eigenvalue weighted by atomic mass is 16.4. The molecule has 0 bridgehead atoms. The van der Waals surface area contributed by atoms with Gasteiger partial charge in [-0.05, 0) is 32.1 Å². The van der Waals surface area contributed by atoms with Gasteiger partial charge in [-0.25, -0.2) is 4.79 Å². The number of carbonyl (C=O) groups is 8. The zero-order valence-corrected chi connectivity index (χ0v) is 23.8. The largest absolute Gasteiger partial charge is 0.481 e. The van der Waals surface area contributed by atoms with Crippen LogP contribution >= 0.6 is 0 Å². The van der Waals surface area contributed by atoms with Gasteiger partial charge in [0.1, 0.15) is 24.2 Å². The summed E-state index contributed by atoms with van der Waals surface area (Å²) in [5.41, 5.74) is 15.9. The van der Waals surface area contributed by atoms with Gasteiger partial charge in [-0.15, -0.1) is 0 Å². The first-order chi connectivity index (χ1) is 20.7. The number of hydrogen-bond acceptors (Lipinski definition) is 10. The molecule has 1 aliphatic heterocycles. The summed E-state index contributed by atoms with van der Waals surface area (Å²) < 4.78 is 0. The second-order valence-corrected chi connectivity index (χ2v) is 9.73. The maximum absolute atomic E-state index is 13.3. The van der Waals surface area contributed by atoms with Crippen LogP contribution in [0.25, 0.3) is 0 Å². The van der Waals surface area contributed by atoms with Gasteiger partial charge in [0, 0.05) is 19.5 Å². The minimum Gasteiger partial charge on any atom is -0.481 e. The third-order valence-electron chi connectivity index (χ3n) is 6.32. The molecule has 20 heteroatoms. The number of rotatable bonds is 19. The first kappa shape index (κ1) is 37.0. The van der Waals surface area contributed by atoms with Crippen molar-refractivity contribution in [2.75, 3.05) is 26.2 Å². The minimum absolute atomic E-state index is 0.0266. The van der Waals surface area contributed by atoms with Crippen molar-refractivity contribution in [1.82, 2.24) is 26.2 Å². The van der Waals surface area contributed by atoms with Gasteiger partial charge in [0.05, 0.1) is 19.5 Å². The number of carbonyl (C=O) groups excluding carboxylic acids is 5. The number of guanidine groups is 1. The fourth-order valence-corrected chi connectivity index (χ4v) is 4.23. The van der Waals surface area contributed by atoms with E-state index in [2.05, 4.69) is 20.9 Å². The number of nitrogens with zero attached hydrogens (tertiary/aromatic N) is 2. The van der Waals surface area contributed by atoms with Gasteiger partial charge in [0.2, 0.25) is 29.5 Å². The Morgan fingerprint density at radius 3 is 2.09 bits per heavy atom. The molecular weight excluding hydrogens is 590 g/mol. The third-order valence-corrected chi connectivity index (χ3v) is 6.32. The molecule has 246 valence electrons. The van der Waals surface area contributed by atoms with Crippen LogP contribution in [0.3, 0.4) is 0 Å². The lowest BCUT2D eigenvalue weighted by Gasteiger charge is -2.29. The molecule has 1 fully saturated rings. The highest BCUT2D eigenvalue weighted by molar-refractivity contribution is 5.96. The number of aliphatic imine (C=N–C) groups is 1. The quantitative estimate of drug-likeness (QED) is 0.0363.